The minimum absolute atomic E-state index is 0.129. The molecule has 6 nitrogen and oxygen atoms in total. The number of benzene rings is 2. The summed E-state index contributed by atoms with van der Waals surface area (Å²) in [5.41, 5.74) is 4.40. The average molecular weight is 439 g/mol. The number of carbonyl (C=O) groups excluding carboxylic acids is 1. The van der Waals surface area contributed by atoms with Gasteiger partial charge in [-0.15, -0.1) is 0 Å². The van der Waals surface area contributed by atoms with Crippen LogP contribution in [0, 0.1) is 20.8 Å². The number of aromatic nitrogens is 1. The first kappa shape index (κ1) is 21.0. The minimum Gasteiger partial charge on any atom is -0.483 e. The van der Waals surface area contributed by atoms with Crippen LogP contribution in [-0.4, -0.2) is 24.0 Å². The van der Waals surface area contributed by atoms with Crippen LogP contribution in [0.3, 0.4) is 0 Å². The number of fused-ring (bicyclic) bond motifs is 2. The minimum atomic E-state index is -0.363. The summed E-state index contributed by atoms with van der Waals surface area (Å²) < 4.78 is 11.2. The molecule has 0 aliphatic rings. The molecule has 4 rings (SSSR count). The van der Waals surface area contributed by atoms with Gasteiger partial charge in [0, 0.05) is 34.2 Å². The van der Waals surface area contributed by atoms with Crippen LogP contribution in [0.4, 0.5) is 0 Å². The van der Waals surface area contributed by atoms with Gasteiger partial charge in [0.15, 0.2) is 6.61 Å². The van der Waals surface area contributed by atoms with Crippen LogP contribution in [0.25, 0.3) is 21.9 Å². The van der Waals surface area contributed by atoms with Gasteiger partial charge < -0.3 is 19.5 Å². The van der Waals surface area contributed by atoms with Crippen LogP contribution in [0.1, 0.15) is 22.3 Å². The van der Waals surface area contributed by atoms with E-state index < -0.39 is 0 Å². The van der Waals surface area contributed by atoms with E-state index in [0.717, 1.165) is 27.6 Å². The predicted molar refractivity (Wildman–Crippen MR) is 122 cm³/mol. The van der Waals surface area contributed by atoms with Crippen LogP contribution >= 0.6 is 11.6 Å². The van der Waals surface area contributed by atoms with Gasteiger partial charge in [-0.05, 0) is 74.2 Å². The molecule has 0 bridgehead atoms. The Kier molecular flexibility index (Phi) is 5.74. The number of rotatable bonds is 6. The fourth-order valence-corrected chi connectivity index (χ4v) is 3.86. The van der Waals surface area contributed by atoms with Gasteiger partial charge in [-0.2, -0.15) is 0 Å². The van der Waals surface area contributed by atoms with Gasteiger partial charge in [-0.25, -0.2) is 4.79 Å². The SMILES string of the molecule is Cc1cc(OCC(=O)NCCc2c[nH]c3ccc(Cl)cc23)c2c(C)c(C)c(=O)oc2c1. The summed E-state index contributed by atoms with van der Waals surface area (Å²) in [5.74, 6) is 0.306. The molecule has 0 spiro atoms. The van der Waals surface area contributed by atoms with E-state index in [2.05, 4.69) is 10.3 Å². The first-order chi connectivity index (χ1) is 14.8. The van der Waals surface area contributed by atoms with Gasteiger partial charge in [0.25, 0.3) is 5.91 Å². The van der Waals surface area contributed by atoms with Crippen LogP contribution in [0.5, 0.6) is 5.75 Å². The molecule has 1 amide bonds. The Bertz CT molecular complexity index is 1350. The maximum Gasteiger partial charge on any atom is 0.339 e. The number of carbonyl (C=O) groups is 1. The van der Waals surface area contributed by atoms with Crippen molar-refractivity contribution >= 4 is 39.4 Å². The quantitative estimate of drug-likeness (QED) is 0.431. The molecule has 2 N–H and O–H groups in total. The van der Waals surface area contributed by atoms with E-state index in [1.165, 1.54) is 0 Å². The number of halogens is 1. The second-order valence-electron chi connectivity index (χ2n) is 7.67. The highest BCUT2D eigenvalue weighted by molar-refractivity contribution is 6.31. The van der Waals surface area contributed by atoms with Crippen molar-refractivity contribution in [3.05, 3.63) is 74.2 Å². The van der Waals surface area contributed by atoms with E-state index in [-0.39, 0.29) is 18.1 Å². The van der Waals surface area contributed by atoms with Crippen LogP contribution in [0.2, 0.25) is 5.02 Å². The smallest absolute Gasteiger partial charge is 0.339 e. The summed E-state index contributed by atoms with van der Waals surface area (Å²) in [6, 6.07) is 9.33. The Hall–Kier alpha value is -3.25. The van der Waals surface area contributed by atoms with Gasteiger partial charge in [0.05, 0.1) is 5.39 Å². The van der Waals surface area contributed by atoms with E-state index in [0.29, 0.717) is 40.3 Å². The highest BCUT2D eigenvalue weighted by atomic mass is 35.5. The maximum atomic E-state index is 12.4. The van der Waals surface area contributed by atoms with Crippen molar-refractivity contribution in [2.75, 3.05) is 13.2 Å². The lowest BCUT2D eigenvalue weighted by Gasteiger charge is -2.13. The summed E-state index contributed by atoms with van der Waals surface area (Å²) in [4.78, 5) is 27.5. The largest absolute Gasteiger partial charge is 0.483 e. The van der Waals surface area contributed by atoms with E-state index in [9.17, 15) is 9.59 Å². The Morgan fingerprint density at radius 3 is 2.77 bits per heavy atom. The molecule has 0 radical (unpaired) electrons. The number of aromatic amines is 1. The number of amides is 1. The molecule has 31 heavy (non-hydrogen) atoms. The van der Waals surface area contributed by atoms with Crippen molar-refractivity contribution < 1.29 is 13.9 Å². The zero-order chi connectivity index (χ0) is 22.1. The maximum absolute atomic E-state index is 12.4. The molecular weight excluding hydrogens is 416 g/mol. The normalized spacial score (nSPS) is 11.2. The van der Waals surface area contributed by atoms with E-state index in [4.69, 9.17) is 20.8 Å². The van der Waals surface area contributed by atoms with Gasteiger partial charge >= 0.3 is 5.63 Å². The summed E-state index contributed by atoms with van der Waals surface area (Å²) in [6.45, 7) is 5.80. The van der Waals surface area contributed by atoms with Crippen LogP contribution < -0.4 is 15.7 Å². The van der Waals surface area contributed by atoms with Crippen molar-refractivity contribution in [3.63, 3.8) is 0 Å². The zero-order valence-electron chi connectivity index (χ0n) is 17.6. The average Bonchev–Trinajstić information content (AvgIpc) is 3.12. The number of ether oxygens (including phenoxy) is 1. The number of aryl methyl sites for hydroxylation is 2. The number of H-pyrrole nitrogens is 1. The first-order valence-corrected chi connectivity index (χ1v) is 10.4. The zero-order valence-corrected chi connectivity index (χ0v) is 18.4. The van der Waals surface area contributed by atoms with Gasteiger partial charge in [-0.1, -0.05) is 11.6 Å². The third kappa shape index (κ3) is 4.30. The van der Waals surface area contributed by atoms with Crippen LogP contribution in [0.15, 0.2) is 45.7 Å². The molecular formula is C24H23ClN2O4. The molecule has 0 fully saturated rings. The Morgan fingerprint density at radius 2 is 1.97 bits per heavy atom. The van der Waals surface area contributed by atoms with Crippen molar-refractivity contribution in [1.82, 2.24) is 10.3 Å². The molecule has 0 atom stereocenters. The van der Waals surface area contributed by atoms with Gasteiger partial charge in [0.2, 0.25) is 0 Å². The van der Waals surface area contributed by atoms with Crippen molar-refractivity contribution in [1.29, 1.82) is 0 Å². The monoisotopic (exact) mass is 438 g/mol. The lowest BCUT2D eigenvalue weighted by atomic mass is 10.0. The highest BCUT2D eigenvalue weighted by Crippen LogP contribution is 2.30. The van der Waals surface area contributed by atoms with E-state index >= 15 is 0 Å². The second-order valence-corrected chi connectivity index (χ2v) is 8.10. The molecule has 7 heteroatoms. The Morgan fingerprint density at radius 1 is 1.16 bits per heavy atom. The van der Waals surface area contributed by atoms with Crippen molar-refractivity contribution in [2.24, 2.45) is 0 Å². The molecule has 0 saturated carbocycles. The third-order valence-electron chi connectivity index (χ3n) is 5.46. The molecule has 160 valence electrons. The standard InChI is InChI=1S/C24H23ClN2O4/c1-13-8-20(23-14(2)15(3)24(29)31-21(23)9-13)30-12-22(28)26-7-6-16-11-27-19-5-4-17(25)10-18(16)19/h4-5,8-11,27H,6-7,12H2,1-3H3,(H,26,28). The summed E-state index contributed by atoms with van der Waals surface area (Å²) in [7, 11) is 0. The topological polar surface area (TPSA) is 84.3 Å². The second kappa shape index (κ2) is 8.47. The van der Waals surface area contributed by atoms with Gasteiger partial charge in [0.1, 0.15) is 11.3 Å². The van der Waals surface area contributed by atoms with E-state index in [1.54, 1.807) is 13.0 Å². The fourth-order valence-electron chi connectivity index (χ4n) is 3.69. The summed E-state index contributed by atoms with van der Waals surface area (Å²) >= 11 is 6.09. The van der Waals surface area contributed by atoms with Gasteiger partial charge in [-0.3, -0.25) is 4.79 Å². The molecule has 0 aliphatic carbocycles. The molecule has 0 unspecified atom stereocenters. The number of hydrogen-bond acceptors (Lipinski definition) is 4. The van der Waals surface area contributed by atoms with Crippen molar-refractivity contribution in [2.45, 2.75) is 27.2 Å². The Balaban J connectivity index is 1.42. The lowest BCUT2D eigenvalue weighted by Crippen LogP contribution is -2.30. The highest BCUT2D eigenvalue weighted by Gasteiger charge is 2.14. The van der Waals surface area contributed by atoms with Crippen LogP contribution in [-0.2, 0) is 11.2 Å². The molecule has 4 aromatic rings. The predicted octanol–water partition coefficient (Wildman–Crippen LogP) is 4.59. The summed E-state index contributed by atoms with van der Waals surface area (Å²) in [6.07, 6.45) is 2.60. The molecule has 2 heterocycles. The fraction of sp³-hybridized carbons (Fsp3) is 0.250. The molecule has 0 aliphatic heterocycles. The van der Waals surface area contributed by atoms with Crippen molar-refractivity contribution in [3.8, 4) is 5.75 Å². The third-order valence-corrected chi connectivity index (χ3v) is 5.70. The summed E-state index contributed by atoms with van der Waals surface area (Å²) in [5, 5.41) is 5.33. The lowest BCUT2D eigenvalue weighted by molar-refractivity contribution is -0.123. The Labute approximate surface area is 184 Å². The first-order valence-electron chi connectivity index (χ1n) is 10.0. The molecule has 2 aromatic heterocycles. The van der Waals surface area contributed by atoms with E-state index in [1.807, 2.05) is 44.3 Å². The number of hydrogen-bond donors (Lipinski definition) is 2. The molecule has 0 saturated heterocycles. The number of nitrogens with one attached hydrogen (secondary N) is 2. The molecule has 2 aromatic carbocycles.